The van der Waals surface area contributed by atoms with Gasteiger partial charge in [-0.2, -0.15) is 0 Å². The summed E-state index contributed by atoms with van der Waals surface area (Å²) in [5, 5.41) is 0.194. The first kappa shape index (κ1) is 19.4. The number of hydrogen-bond donors (Lipinski definition) is 0. The number of esters is 1. The maximum absolute atomic E-state index is 11.0. The third-order valence-electron chi connectivity index (χ3n) is 2.29. The molecule has 0 heterocycles. The second kappa shape index (κ2) is 18.4. The summed E-state index contributed by atoms with van der Waals surface area (Å²) < 4.78 is 4.85. The van der Waals surface area contributed by atoms with Gasteiger partial charge in [0.15, 0.2) is 0 Å². The maximum atomic E-state index is 11.0. The van der Waals surface area contributed by atoms with Gasteiger partial charge in [-0.05, 0) is 13.3 Å². The first-order valence-electron chi connectivity index (χ1n) is 6.50. The number of halogens is 2. The highest BCUT2D eigenvalue weighted by atomic mass is 35.5. The molecule has 0 aliphatic heterocycles. The number of rotatable bonds is 9. The minimum absolute atomic E-state index is 0.0407. The zero-order valence-electron chi connectivity index (χ0n) is 11.1. The van der Waals surface area contributed by atoms with Crippen LogP contribution in [0.25, 0.3) is 0 Å². The molecule has 0 aliphatic carbocycles. The fourth-order valence-corrected chi connectivity index (χ4v) is 1.46. The van der Waals surface area contributed by atoms with Crippen LogP contribution < -0.4 is 0 Å². The van der Waals surface area contributed by atoms with Crippen LogP contribution in [0.1, 0.15) is 65.2 Å². The van der Waals surface area contributed by atoms with E-state index in [1.54, 1.807) is 0 Å². The third-order valence-corrected chi connectivity index (χ3v) is 2.29. The maximum Gasteiger partial charge on any atom is 0.305 e. The number of carbonyl (C=O) groups is 1. The summed E-state index contributed by atoms with van der Waals surface area (Å²) in [6.45, 7) is 4.58. The Morgan fingerprint density at radius 3 is 1.88 bits per heavy atom. The van der Waals surface area contributed by atoms with Gasteiger partial charge >= 0.3 is 5.97 Å². The molecule has 0 saturated heterocycles. The minimum atomic E-state index is -0.0407. The van der Waals surface area contributed by atoms with Crippen molar-refractivity contribution in [1.29, 1.82) is 0 Å². The highest BCUT2D eigenvalue weighted by Gasteiger charge is 2.00. The number of carbonyl (C=O) groups excluding carboxylic acids is 1. The van der Waals surface area contributed by atoms with Crippen LogP contribution in [0.15, 0.2) is 0 Å². The van der Waals surface area contributed by atoms with Gasteiger partial charge < -0.3 is 4.74 Å². The largest absolute Gasteiger partial charge is 0.466 e. The molecular weight excluding hydrogens is 259 g/mol. The van der Waals surface area contributed by atoms with E-state index in [0.29, 0.717) is 13.0 Å². The molecule has 0 aromatic carbocycles. The lowest BCUT2D eigenvalue weighted by Gasteiger charge is -2.01. The molecule has 0 spiro atoms. The van der Waals surface area contributed by atoms with Crippen molar-refractivity contribution in [3.8, 4) is 0 Å². The summed E-state index contributed by atoms with van der Waals surface area (Å²) >= 11 is 9.53. The molecule has 4 heteroatoms. The smallest absolute Gasteiger partial charge is 0.305 e. The molecule has 0 amide bonds. The highest BCUT2D eigenvalue weighted by Crippen LogP contribution is 2.08. The monoisotopic (exact) mass is 284 g/mol. The van der Waals surface area contributed by atoms with Gasteiger partial charge in [-0.15, -0.1) is 23.2 Å². The highest BCUT2D eigenvalue weighted by molar-refractivity contribution is 6.40. The molecule has 0 bridgehead atoms. The predicted molar refractivity (Wildman–Crippen MR) is 75.8 cm³/mol. The van der Waals surface area contributed by atoms with Crippen LogP contribution >= 0.6 is 23.2 Å². The van der Waals surface area contributed by atoms with Crippen LogP contribution in [0, 0.1) is 0 Å². The Labute approximate surface area is 116 Å². The van der Waals surface area contributed by atoms with Crippen molar-refractivity contribution in [1.82, 2.24) is 0 Å². The van der Waals surface area contributed by atoms with Crippen molar-refractivity contribution in [3.05, 3.63) is 0 Å². The van der Waals surface area contributed by atoms with Crippen LogP contribution in [0.4, 0.5) is 0 Å². The second-order valence-electron chi connectivity index (χ2n) is 3.78. The molecule has 0 radical (unpaired) electrons. The van der Waals surface area contributed by atoms with Crippen LogP contribution in [-0.2, 0) is 9.53 Å². The van der Waals surface area contributed by atoms with Crippen molar-refractivity contribution in [2.45, 2.75) is 65.2 Å². The van der Waals surface area contributed by atoms with Gasteiger partial charge in [0.05, 0.1) is 11.9 Å². The predicted octanol–water partition coefficient (Wildman–Crippen LogP) is 5.11. The Hall–Kier alpha value is 0.0500. The Morgan fingerprint density at radius 1 is 0.941 bits per heavy atom. The Morgan fingerprint density at radius 2 is 1.41 bits per heavy atom. The molecule has 0 unspecified atom stereocenters. The molecule has 2 nitrogen and oxygen atoms in total. The molecule has 0 fully saturated rings. The van der Waals surface area contributed by atoms with E-state index >= 15 is 0 Å². The van der Waals surface area contributed by atoms with E-state index in [2.05, 4.69) is 6.92 Å². The standard InChI is InChI=1S/C12H24O2.CH2Cl2/c1-3-5-6-7-8-9-10-11-12(13)14-4-2;2-1-3/h3-11H2,1-2H3;1H2. The van der Waals surface area contributed by atoms with Gasteiger partial charge in [0.1, 0.15) is 0 Å². The zero-order valence-corrected chi connectivity index (χ0v) is 12.7. The summed E-state index contributed by atoms with van der Waals surface area (Å²) in [6.07, 6.45) is 9.32. The van der Waals surface area contributed by atoms with Crippen molar-refractivity contribution in [2.24, 2.45) is 0 Å². The van der Waals surface area contributed by atoms with E-state index in [1.807, 2.05) is 6.92 Å². The molecule has 104 valence electrons. The first-order chi connectivity index (χ1) is 8.22. The Balaban J connectivity index is 0. The Bertz CT molecular complexity index is 152. The van der Waals surface area contributed by atoms with E-state index in [1.165, 1.54) is 38.5 Å². The fraction of sp³-hybridized carbons (Fsp3) is 0.923. The lowest BCUT2D eigenvalue weighted by atomic mass is 10.1. The minimum Gasteiger partial charge on any atom is -0.466 e. The van der Waals surface area contributed by atoms with Crippen LogP contribution in [0.3, 0.4) is 0 Å². The molecule has 0 aliphatic rings. The van der Waals surface area contributed by atoms with Gasteiger partial charge in [0.2, 0.25) is 0 Å². The summed E-state index contributed by atoms with van der Waals surface area (Å²) in [5.74, 6) is -0.0407. The number of hydrogen-bond acceptors (Lipinski definition) is 2. The topological polar surface area (TPSA) is 26.3 Å². The summed E-state index contributed by atoms with van der Waals surface area (Å²) in [7, 11) is 0. The van der Waals surface area contributed by atoms with Crippen molar-refractivity contribution < 1.29 is 9.53 Å². The van der Waals surface area contributed by atoms with Crippen molar-refractivity contribution in [2.75, 3.05) is 11.9 Å². The molecule has 0 rings (SSSR count). The second-order valence-corrected chi connectivity index (χ2v) is 4.59. The molecular formula is C13H26Cl2O2. The fourth-order valence-electron chi connectivity index (χ4n) is 1.46. The summed E-state index contributed by atoms with van der Waals surface area (Å²) in [4.78, 5) is 11.0. The van der Waals surface area contributed by atoms with Crippen LogP contribution in [-0.4, -0.2) is 17.9 Å². The van der Waals surface area contributed by atoms with Gasteiger partial charge in [0, 0.05) is 6.42 Å². The number of alkyl halides is 2. The van der Waals surface area contributed by atoms with E-state index < -0.39 is 0 Å². The van der Waals surface area contributed by atoms with Gasteiger partial charge in [-0.3, -0.25) is 4.79 Å². The average molecular weight is 285 g/mol. The van der Waals surface area contributed by atoms with Crippen LogP contribution in [0.5, 0.6) is 0 Å². The first-order valence-corrected chi connectivity index (χ1v) is 7.57. The number of unbranched alkanes of at least 4 members (excludes halogenated alkanes) is 6. The third kappa shape index (κ3) is 21.8. The molecule has 0 aromatic heterocycles. The van der Waals surface area contributed by atoms with E-state index in [4.69, 9.17) is 27.9 Å². The lowest BCUT2D eigenvalue weighted by molar-refractivity contribution is -0.143. The summed E-state index contributed by atoms with van der Waals surface area (Å²) in [6, 6.07) is 0. The van der Waals surface area contributed by atoms with Gasteiger partial charge in [-0.1, -0.05) is 45.4 Å². The SMILES string of the molecule is CCCCCCCCCC(=O)OCC.ClCCl. The van der Waals surface area contributed by atoms with E-state index in [-0.39, 0.29) is 11.3 Å². The van der Waals surface area contributed by atoms with Gasteiger partial charge in [-0.25, -0.2) is 0 Å². The van der Waals surface area contributed by atoms with Crippen molar-refractivity contribution >= 4 is 29.2 Å². The molecule has 17 heavy (non-hydrogen) atoms. The van der Waals surface area contributed by atoms with Crippen molar-refractivity contribution in [3.63, 3.8) is 0 Å². The quantitative estimate of drug-likeness (QED) is 0.334. The van der Waals surface area contributed by atoms with Crippen LogP contribution in [0.2, 0.25) is 0 Å². The average Bonchev–Trinajstić information content (AvgIpc) is 2.29. The van der Waals surface area contributed by atoms with Gasteiger partial charge in [0.25, 0.3) is 0 Å². The van der Waals surface area contributed by atoms with E-state index in [0.717, 1.165) is 6.42 Å². The molecule has 0 aromatic rings. The Kier molecular flexibility index (Phi) is 21.0. The molecule has 0 saturated carbocycles. The number of ether oxygens (including phenoxy) is 1. The lowest BCUT2D eigenvalue weighted by Crippen LogP contribution is -2.03. The summed E-state index contributed by atoms with van der Waals surface area (Å²) in [5.41, 5.74) is 0. The molecule has 0 atom stereocenters. The zero-order chi connectivity index (χ0) is 13.4. The molecule has 0 N–H and O–H groups in total. The van der Waals surface area contributed by atoms with E-state index in [9.17, 15) is 4.79 Å². The normalized spacial score (nSPS) is 9.41.